The minimum Gasteiger partial charge on any atom is -0.381 e. The fourth-order valence-electron chi connectivity index (χ4n) is 2.61. The van der Waals surface area contributed by atoms with E-state index in [-0.39, 0.29) is 0 Å². The van der Waals surface area contributed by atoms with E-state index in [2.05, 4.69) is 44.2 Å². The third kappa shape index (κ3) is 6.52. The summed E-state index contributed by atoms with van der Waals surface area (Å²) in [5.74, 6) is 1.77. The lowest BCUT2D eigenvalue weighted by Gasteiger charge is -2.21. The summed E-state index contributed by atoms with van der Waals surface area (Å²) in [4.78, 5) is 14.3. The number of benzene rings is 1. The predicted octanol–water partition coefficient (Wildman–Crippen LogP) is 3.29. The Hall–Kier alpha value is -2.34. The Morgan fingerprint density at radius 1 is 1.23 bits per heavy atom. The van der Waals surface area contributed by atoms with Crippen molar-refractivity contribution in [2.24, 2.45) is 4.99 Å². The molecule has 0 radical (unpaired) electrons. The molecule has 6 heteroatoms. The van der Waals surface area contributed by atoms with E-state index in [0.29, 0.717) is 6.54 Å². The van der Waals surface area contributed by atoms with Crippen LogP contribution >= 0.6 is 0 Å². The molecule has 0 saturated heterocycles. The highest BCUT2D eigenvalue weighted by molar-refractivity contribution is 5.79. The van der Waals surface area contributed by atoms with Gasteiger partial charge in [-0.25, -0.2) is 4.98 Å². The third-order valence-corrected chi connectivity index (χ3v) is 4.06. The minimum absolute atomic E-state index is 0.666. The molecule has 0 fully saturated rings. The molecule has 1 aromatic heterocycles. The fourth-order valence-corrected chi connectivity index (χ4v) is 2.61. The molecule has 2 rings (SSSR count). The Labute approximate surface area is 156 Å². The van der Waals surface area contributed by atoms with Gasteiger partial charge in [-0.2, -0.15) is 0 Å². The lowest BCUT2D eigenvalue weighted by molar-refractivity contribution is 0.129. The Bertz CT molecular complexity index is 653. The van der Waals surface area contributed by atoms with E-state index in [1.54, 1.807) is 7.05 Å². The van der Waals surface area contributed by atoms with Crippen LogP contribution < -0.4 is 5.32 Å². The molecule has 0 amide bonds. The van der Waals surface area contributed by atoms with Gasteiger partial charge in [0.15, 0.2) is 5.96 Å². The zero-order valence-electron chi connectivity index (χ0n) is 16.2. The smallest absolute Gasteiger partial charge is 0.193 e. The van der Waals surface area contributed by atoms with E-state index < -0.39 is 0 Å². The van der Waals surface area contributed by atoms with Crippen LogP contribution in [0.2, 0.25) is 0 Å². The highest BCUT2D eigenvalue weighted by Crippen LogP contribution is 2.16. The van der Waals surface area contributed by atoms with Crippen LogP contribution in [0.3, 0.4) is 0 Å². The van der Waals surface area contributed by atoms with Crippen LogP contribution in [-0.4, -0.2) is 54.7 Å². The quantitative estimate of drug-likeness (QED) is 0.389. The normalized spacial score (nSPS) is 11.6. The van der Waals surface area contributed by atoms with Gasteiger partial charge in [-0.15, -0.1) is 0 Å². The van der Waals surface area contributed by atoms with E-state index in [4.69, 9.17) is 4.74 Å². The SMILES string of the molecule is CCCCOCCCNC(=NC)N(C)Cc1ncc(-c2ccccc2)[nH]1. The molecule has 0 saturated carbocycles. The standard InChI is InChI=1S/C20H31N5O/c1-4-5-13-26-14-9-12-22-20(21-2)25(3)16-19-23-15-18(24-19)17-10-7-6-8-11-17/h6-8,10-11,15H,4-5,9,12-14,16H2,1-3H3,(H,21,22)(H,23,24). The minimum atomic E-state index is 0.666. The summed E-state index contributed by atoms with van der Waals surface area (Å²) < 4.78 is 5.58. The Morgan fingerprint density at radius 2 is 2.00 bits per heavy atom. The second-order valence-corrected chi connectivity index (χ2v) is 6.26. The molecule has 26 heavy (non-hydrogen) atoms. The predicted molar refractivity (Wildman–Crippen MR) is 107 cm³/mol. The summed E-state index contributed by atoms with van der Waals surface area (Å²) in [5.41, 5.74) is 2.17. The third-order valence-electron chi connectivity index (χ3n) is 4.06. The number of nitrogens with one attached hydrogen (secondary N) is 2. The van der Waals surface area contributed by atoms with Crippen molar-refractivity contribution in [2.45, 2.75) is 32.7 Å². The van der Waals surface area contributed by atoms with Gasteiger partial charge in [-0.3, -0.25) is 4.99 Å². The van der Waals surface area contributed by atoms with Crippen LogP contribution in [0, 0.1) is 0 Å². The molecule has 142 valence electrons. The summed E-state index contributed by atoms with van der Waals surface area (Å²) in [6, 6.07) is 10.2. The van der Waals surface area contributed by atoms with Crippen molar-refractivity contribution in [3.05, 3.63) is 42.4 Å². The van der Waals surface area contributed by atoms with Crippen molar-refractivity contribution in [1.82, 2.24) is 20.2 Å². The molecule has 0 aliphatic carbocycles. The van der Waals surface area contributed by atoms with E-state index >= 15 is 0 Å². The summed E-state index contributed by atoms with van der Waals surface area (Å²) in [6.45, 7) is 5.32. The average molecular weight is 358 g/mol. The van der Waals surface area contributed by atoms with Crippen LogP contribution in [0.1, 0.15) is 32.0 Å². The topological polar surface area (TPSA) is 65.5 Å². The van der Waals surface area contributed by atoms with Gasteiger partial charge in [-0.05, 0) is 18.4 Å². The van der Waals surface area contributed by atoms with Crippen molar-refractivity contribution in [2.75, 3.05) is 33.9 Å². The number of ether oxygens (including phenoxy) is 1. The van der Waals surface area contributed by atoms with Gasteiger partial charge in [0.05, 0.1) is 18.4 Å². The molecule has 0 aliphatic rings. The number of unbranched alkanes of at least 4 members (excludes halogenated alkanes) is 1. The van der Waals surface area contributed by atoms with Gasteiger partial charge in [0.25, 0.3) is 0 Å². The van der Waals surface area contributed by atoms with E-state index in [9.17, 15) is 0 Å². The maximum atomic E-state index is 5.58. The molecular weight excluding hydrogens is 326 g/mol. The molecule has 0 spiro atoms. The number of hydrogen-bond donors (Lipinski definition) is 2. The number of nitrogens with zero attached hydrogens (tertiary/aromatic N) is 3. The first-order valence-corrected chi connectivity index (χ1v) is 9.33. The van der Waals surface area contributed by atoms with Gasteiger partial charge < -0.3 is 19.9 Å². The summed E-state index contributed by atoms with van der Waals surface area (Å²) >= 11 is 0. The number of guanidine groups is 1. The molecule has 2 aromatic rings. The zero-order valence-corrected chi connectivity index (χ0v) is 16.2. The highest BCUT2D eigenvalue weighted by Gasteiger charge is 2.09. The van der Waals surface area contributed by atoms with Gasteiger partial charge >= 0.3 is 0 Å². The number of imidazole rings is 1. The summed E-state index contributed by atoms with van der Waals surface area (Å²) in [5, 5.41) is 3.37. The molecule has 0 aliphatic heterocycles. The van der Waals surface area contributed by atoms with Crippen molar-refractivity contribution in [3.8, 4) is 11.3 Å². The van der Waals surface area contributed by atoms with E-state index in [1.165, 1.54) is 6.42 Å². The number of aliphatic imine (C=N–C) groups is 1. The first-order valence-electron chi connectivity index (χ1n) is 9.33. The van der Waals surface area contributed by atoms with Gasteiger partial charge in [0.2, 0.25) is 0 Å². The van der Waals surface area contributed by atoms with Crippen LogP contribution in [0.25, 0.3) is 11.3 Å². The Balaban J connectivity index is 1.76. The fraction of sp³-hybridized carbons (Fsp3) is 0.500. The summed E-state index contributed by atoms with van der Waals surface area (Å²) in [6.07, 6.45) is 5.15. The number of rotatable bonds is 10. The van der Waals surface area contributed by atoms with Gasteiger partial charge in [0, 0.05) is 33.9 Å². The maximum Gasteiger partial charge on any atom is 0.193 e. The lowest BCUT2D eigenvalue weighted by Crippen LogP contribution is -2.39. The highest BCUT2D eigenvalue weighted by atomic mass is 16.5. The van der Waals surface area contributed by atoms with Gasteiger partial charge in [0.1, 0.15) is 5.82 Å². The Morgan fingerprint density at radius 3 is 2.73 bits per heavy atom. The summed E-state index contributed by atoms with van der Waals surface area (Å²) in [7, 11) is 3.81. The second kappa shape index (κ2) is 11.3. The number of H-pyrrole nitrogens is 1. The molecular formula is C20H31N5O. The molecule has 2 N–H and O–H groups in total. The average Bonchev–Trinajstić information content (AvgIpc) is 3.13. The zero-order chi connectivity index (χ0) is 18.6. The Kier molecular flexibility index (Phi) is 8.69. The van der Waals surface area contributed by atoms with Crippen LogP contribution in [0.5, 0.6) is 0 Å². The molecule has 0 unspecified atom stereocenters. The number of hydrogen-bond acceptors (Lipinski definition) is 3. The molecule has 6 nitrogen and oxygen atoms in total. The van der Waals surface area contributed by atoms with Crippen molar-refractivity contribution >= 4 is 5.96 Å². The van der Waals surface area contributed by atoms with E-state index in [0.717, 1.165) is 55.6 Å². The van der Waals surface area contributed by atoms with Crippen LogP contribution in [-0.2, 0) is 11.3 Å². The second-order valence-electron chi connectivity index (χ2n) is 6.26. The van der Waals surface area contributed by atoms with Crippen LogP contribution in [0.15, 0.2) is 41.5 Å². The van der Waals surface area contributed by atoms with Gasteiger partial charge in [-0.1, -0.05) is 43.7 Å². The maximum absolute atomic E-state index is 5.58. The van der Waals surface area contributed by atoms with Crippen molar-refractivity contribution in [3.63, 3.8) is 0 Å². The first-order chi connectivity index (χ1) is 12.7. The number of aromatic nitrogens is 2. The monoisotopic (exact) mass is 357 g/mol. The number of aromatic amines is 1. The largest absolute Gasteiger partial charge is 0.381 e. The van der Waals surface area contributed by atoms with Crippen LogP contribution in [0.4, 0.5) is 0 Å². The van der Waals surface area contributed by atoms with Crippen molar-refractivity contribution < 1.29 is 4.74 Å². The molecule has 1 aromatic carbocycles. The van der Waals surface area contributed by atoms with Crippen molar-refractivity contribution in [1.29, 1.82) is 0 Å². The first kappa shape index (κ1) is 20.0. The van der Waals surface area contributed by atoms with E-state index in [1.807, 2.05) is 31.4 Å². The lowest BCUT2D eigenvalue weighted by atomic mass is 10.2. The molecule has 0 atom stereocenters. The molecule has 0 bridgehead atoms. The molecule has 1 heterocycles.